The van der Waals surface area contributed by atoms with Crippen LogP contribution in [-0.4, -0.2) is 33.5 Å². The van der Waals surface area contributed by atoms with E-state index < -0.39 is 6.04 Å². The van der Waals surface area contributed by atoms with Crippen molar-refractivity contribution in [3.63, 3.8) is 0 Å². The Morgan fingerprint density at radius 2 is 1.79 bits per heavy atom. The lowest BCUT2D eigenvalue weighted by Gasteiger charge is -2.16. The van der Waals surface area contributed by atoms with Gasteiger partial charge in [0.2, 0.25) is 5.91 Å². The molecular formula is C21H23N5O2. The maximum absolute atomic E-state index is 12.5. The summed E-state index contributed by atoms with van der Waals surface area (Å²) in [5, 5.41) is 12.5. The largest absolute Gasteiger partial charge is 0.343 e. The van der Waals surface area contributed by atoms with Crippen LogP contribution in [0.5, 0.6) is 0 Å². The second-order valence-corrected chi connectivity index (χ2v) is 6.67. The third-order valence-electron chi connectivity index (χ3n) is 4.49. The number of H-pyrrole nitrogens is 1. The number of rotatable bonds is 6. The molecule has 0 saturated carbocycles. The van der Waals surface area contributed by atoms with Gasteiger partial charge in [0, 0.05) is 5.56 Å². The molecule has 28 heavy (non-hydrogen) atoms. The Kier molecular flexibility index (Phi) is 5.84. The number of amides is 2. The van der Waals surface area contributed by atoms with Crippen LogP contribution in [0.4, 0.5) is 0 Å². The summed E-state index contributed by atoms with van der Waals surface area (Å²) < 4.78 is 0. The van der Waals surface area contributed by atoms with Gasteiger partial charge in [0.1, 0.15) is 11.9 Å². The summed E-state index contributed by atoms with van der Waals surface area (Å²) in [5.74, 6) is 0.516. The first kappa shape index (κ1) is 19.3. The second-order valence-electron chi connectivity index (χ2n) is 6.67. The first-order valence-electron chi connectivity index (χ1n) is 9.02. The summed E-state index contributed by atoms with van der Waals surface area (Å²) >= 11 is 0. The highest BCUT2D eigenvalue weighted by Gasteiger charge is 2.21. The topological polar surface area (TPSA) is 99.8 Å². The predicted octanol–water partition coefficient (Wildman–Crippen LogP) is 2.37. The van der Waals surface area contributed by atoms with E-state index in [4.69, 9.17) is 0 Å². The lowest BCUT2D eigenvalue weighted by molar-refractivity contribution is -0.120. The van der Waals surface area contributed by atoms with Gasteiger partial charge in [-0.2, -0.15) is 5.10 Å². The van der Waals surface area contributed by atoms with Gasteiger partial charge in [-0.15, -0.1) is 0 Å². The van der Waals surface area contributed by atoms with Gasteiger partial charge in [0.25, 0.3) is 5.91 Å². The molecule has 1 unspecified atom stereocenters. The SMILES string of the molecule is Cc1nc(C(NC(=O)CNC(=O)c2ccc(C)c(C)c2)c2ccccc2)n[nH]1. The lowest BCUT2D eigenvalue weighted by atomic mass is 10.1. The number of nitrogens with one attached hydrogen (secondary N) is 3. The number of nitrogens with zero attached hydrogens (tertiary/aromatic N) is 2. The van der Waals surface area contributed by atoms with Crippen LogP contribution in [0.25, 0.3) is 0 Å². The molecule has 7 nitrogen and oxygen atoms in total. The third-order valence-corrected chi connectivity index (χ3v) is 4.49. The highest BCUT2D eigenvalue weighted by Crippen LogP contribution is 2.18. The number of aromatic amines is 1. The molecule has 0 spiro atoms. The van der Waals surface area contributed by atoms with Crippen LogP contribution < -0.4 is 10.6 Å². The highest BCUT2D eigenvalue weighted by atomic mass is 16.2. The van der Waals surface area contributed by atoms with Gasteiger partial charge in [0.05, 0.1) is 6.54 Å². The molecule has 3 rings (SSSR count). The van der Waals surface area contributed by atoms with Crippen LogP contribution in [0.15, 0.2) is 48.5 Å². The van der Waals surface area contributed by atoms with Gasteiger partial charge >= 0.3 is 0 Å². The average molecular weight is 377 g/mol. The molecule has 0 aliphatic heterocycles. The lowest BCUT2D eigenvalue weighted by Crippen LogP contribution is -2.39. The van der Waals surface area contributed by atoms with Gasteiger partial charge in [-0.1, -0.05) is 36.4 Å². The Labute approximate surface area is 163 Å². The normalized spacial score (nSPS) is 11.7. The molecule has 0 bridgehead atoms. The van der Waals surface area contributed by atoms with E-state index in [1.807, 2.05) is 56.3 Å². The van der Waals surface area contributed by atoms with E-state index in [0.29, 0.717) is 17.2 Å². The summed E-state index contributed by atoms with van der Waals surface area (Å²) in [4.78, 5) is 29.1. The van der Waals surface area contributed by atoms with Gasteiger partial charge in [-0.05, 0) is 49.6 Å². The zero-order chi connectivity index (χ0) is 20.1. The van der Waals surface area contributed by atoms with Crippen molar-refractivity contribution in [3.8, 4) is 0 Å². The molecule has 0 aliphatic rings. The molecule has 1 aromatic heterocycles. The molecule has 7 heteroatoms. The molecule has 2 aromatic carbocycles. The fourth-order valence-corrected chi connectivity index (χ4v) is 2.79. The van der Waals surface area contributed by atoms with E-state index >= 15 is 0 Å². The van der Waals surface area contributed by atoms with Crippen molar-refractivity contribution >= 4 is 11.8 Å². The van der Waals surface area contributed by atoms with Gasteiger partial charge < -0.3 is 10.6 Å². The van der Waals surface area contributed by atoms with Crippen LogP contribution in [0, 0.1) is 20.8 Å². The summed E-state index contributed by atoms with van der Waals surface area (Å²) in [6, 6.07) is 14.4. The van der Waals surface area contributed by atoms with Crippen LogP contribution in [-0.2, 0) is 4.79 Å². The number of carbonyl (C=O) groups excluding carboxylic acids is 2. The van der Waals surface area contributed by atoms with Crippen LogP contribution in [0.1, 0.15) is 44.7 Å². The predicted molar refractivity (Wildman–Crippen MR) is 106 cm³/mol. The van der Waals surface area contributed by atoms with E-state index in [1.54, 1.807) is 13.0 Å². The highest BCUT2D eigenvalue weighted by molar-refractivity contribution is 5.96. The zero-order valence-electron chi connectivity index (χ0n) is 16.1. The monoisotopic (exact) mass is 377 g/mol. The van der Waals surface area contributed by atoms with Crippen molar-refractivity contribution in [3.05, 3.63) is 82.4 Å². The maximum Gasteiger partial charge on any atom is 0.251 e. The van der Waals surface area contributed by atoms with Crippen LogP contribution in [0.2, 0.25) is 0 Å². The molecule has 0 fully saturated rings. The molecule has 0 saturated heterocycles. The van der Waals surface area contributed by atoms with Crippen LogP contribution >= 0.6 is 0 Å². The number of aryl methyl sites for hydroxylation is 3. The Hall–Kier alpha value is -3.48. The molecular weight excluding hydrogens is 354 g/mol. The van der Waals surface area contributed by atoms with Crippen molar-refractivity contribution < 1.29 is 9.59 Å². The molecule has 1 atom stereocenters. The summed E-state index contributed by atoms with van der Waals surface area (Å²) in [6.07, 6.45) is 0. The minimum Gasteiger partial charge on any atom is -0.343 e. The fraction of sp³-hybridized carbons (Fsp3) is 0.238. The van der Waals surface area contributed by atoms with E-state index in [2.05, 4.69) is 25.8 Å². The molecule has 144 valence electrons. The van der Waals surface area contributed by atoms with Crippen molar-refractivity contribution in [2.45, 2.75) is 26.8 Å². The van der Waals surface area contributed by atoms with Crippen molar-refractivity contribution in [1.29, 1.82) is 0 Å². The Bertz CT molecular complexity index is 981. The van der Waals surface area contributed by atoms with Crippen molar-refractivity contribution in [1.82, 2.24) is 25.8 Å². The molecule has 3 N–H and O–H groups in total. The zero-order valence-corrected chi connectivity index (χ0v) is 16.1. The van der Waals surface area contributed by atoms with Crippen LogP contribution in [0.3, 0.4) is 0 Å². The summed E-state index contributed by atoms with van der Waals surface area (Å²) in [7, 11) is 0. The Morgan fingerprint density at radius 1 is 1.04 bits per heavy atom. The summed E-state index contributed by atoms with van der Waals surface area (Å²) in [6.45, 7) is 5.59. The van der Waals surface area contributed by atoms with Gasteiger partial charge in [0.15, 0.2) is 5.82 Å². The van der Waals surface area contributed by atoms with E-state index in [0.717, 1.165) is 16.7 Å². The quantitative estimate of drug-likeness (QED) is 0.614. The van der Waals surface area contributed by atoms with Crippen molar-refractivity contribution in [2.75, 3.05) is 6.54 Å². The third kappa shape index (κ3) is 4.62. The standard InChI is InChI=1S/C21H23N5O2/c1-13-9-10-17(11-14(13)2)21(28)22-12-18(27)24-19(16-7-5-4-6-8-16)20-23-15(3)25-26-20/h4-11,19H,12H2,1-3H3,(H,22,28)(H,24,27)(H,23,25,26). The number of hydrogen-bond acceptors (Lipinski definition) is 4. The molecule has 3 aromatic rings. The van der Waals surface area contributed by atoms with Gasteiger partial charge in [-0.3, -0.25) is 14.7 Å². The maximum atomic E-state index is 12.5. The second kappa shape index (κ2) is 8.47. The number of carbonyl (C=O) groups is 2. The molecule has 0 radical (unpaired) electrons. The smallest absolute Gasteiger partial charge is 0.251 e. The Balaban J connectivity index is 1.67. The molecule has 0 aliphatic carbocycles. The minimum atomic E-state index is -0.503. The fourth-order valence-electron chi connectivity index (χ4n) is 2.79. The summed E-state index contributed by atoms with van der Waals surface area (Å²) in [5.41, 5.74) is 3.53. The average Bonchev–Trinajstić information content (AvgIpc) is 3.13. The van der Waals surface area contributed by atoms with E-state index in [1.165, 1.54) is 0 Å². The Morgan fingerprint density at radius 3 is 2.43 bits per heavy atom. The van der Waals surface area contributed by atoms with E-state index in [9.17, 15) is 9.59 Å². The first-order chi connectivity index (χ1) is 13.4. The number of hydrogen-bond donors (Lipinski definition) is 3. The van der Waals surface area contributed by atoms with Gasteiger partial charge in [-0.25, -0.2) is 4.98 Å². The first-order valence-corrected chi connectivity index (χ1v) is 9.02. The van der Waals surface area contributed by atoms with Crippen molar-refractivity contribution in [2.24, 2.45) is 0 Å². The van der Waals surface area contributed by atoms with E-state index in [-0.39, 0.29) is 18.4 Å². The number of aromatic nitrogens is 3. The number of benzene rings is 2. The minimum absolute atomic E-state index is 0.140. The molecule has 2 amide bonds. The molecule has 1 heterocycles.